The summed E-state index contributed by atoms with van der Waals surface area (Å²) in [5, 5.41) is 2.45. The summed E-state index contributed by atoms with van der Waals surface area (Å²) >= 11 is 0. The first-order chi connectivity index (χ1) is 11.9. The number of benzene rings is 3. The second-order valence-corrected chi connectivity index (χ2v) is 7.74. The zero-order valence-corrected chi connectivity index (χ0v) is 15.2. The van der Waals surface area contributed by atoms with Gasteiger partial charge in [0, 0.05) is 0 Å². The Kier molecular flexibility index (Phi) is 3.75. The molecule has 0 amide bonds. The quantitative estimate of drug-likeness (QED) is 0.628. The molecule has 1 heterocycles. The molecule has 4 rings (SSSR count). The van der Waals surface area contributed by atoms with Gasteiger partial charge in [0.2, 0.25) is 0 Å². The predicted molar refractivity (Wildman–Crippen MR) is 105 cm³/mol. The van der Waals surface area contributed by atoms with Crippen LogP contribution in [0.3, 0.4) is 0 Å². The first-order valence-electron chi connectivity index (χ1n) is 8.81. The minimum absolute atomic E-state index is 0.321. The Bertz CT molecular complexity index is 900. The van der Waals surface area contributed by atoms with E-state index >= 15 is 0 Å². The van der Waals surface area contributed by atoms with Crippen molar-refractivity contribution < 1.29 is 9.31 Å². The number of rotatable bonds is 2. The molecule has 1 saturated heterocycles. The van der Waals surface area contributed by atoms with Crippen molar-refractivity contribution >= 4 is 23.4 Å². The smallest absolute Gasteiger partial charge is 0.399 e. The lowest BCUT2D eigenvalue weighted by molar-refractivity contribution is 0.00578. The number of hydrogen-bond acceptors (Lipinski definition) is 2. The number of hydrogen-bond donors (Lipinski definition) is 0. The van der Waals surface area contributed by atoms with Crippen LogP contribution in [0.25, 0.3) is 21.9 Å². The van der Waals surface area contributed by atoms with Gasteiger partial charge in [-0.15, -0.1) is 0 Å². The van der Waals surface area contributed by atoms with E-state index in [0.717, 1.165) is 5.46 Å². The van der Waals surface area contributed by atoms with E-state index in [9.17, 15) is 0 Å². The van der Waals surface area contributed by atoms with Crippen molar-refractivity contribution in [3.05, 3.63) is 66.7 Å². The van der Waals surface area contributed by atoms with E-state index in [1.54, 1.807) is 0 Å². The molecule has 3 heteroatoms. The molecule has 0 spiro atoms. The Morgan fingerprint density at radius 1 is 0.720 bits per heavy atom. The highest BCUT2D eigenvalue weighted by atomic mass is 16.7. The van der Waals surface area contributed by atoms with Crippen LogP contribution in [-0.4, -0.2) is 18.3 Å². The van der Waals surface area contributed by atoms with E-state index in [1.165, 1.54) is 21.9 Å². The van der Waals surface area contributed by atoms with E-state index in [0.29, 0.717) is 0 Å². The Morgan fingerprint density at radius 3 is 2.08 bits per heavy atom. The van der Waals surface area contributed by atoms with Crippen LogP contribution in [0, 0.1) is 0 Å². The van der Waals surface area contributed by atoms with Gasteiger partial charge in [0.05, 0.1) is 11.2 Å². The van der Waals surface area contributed by atoms with E-state index in [-0.39, 0.29) is 18.3 Å². The molecule has 0 radical (unpaired) electrons. The molecule has 3 aromatic rings. The normalized spacial score (nSPS) is 18.6. The Morgan fingerprint density at radius 2 is 1.40 bits per heavy atom. The molecule has 126 valence electrons. The molecule has 0 unspecified atom stereocenters. The van der Waals surface area contributed by atoms with Gasteiger partial charge in [-0.3, -0.25) is 0 Å². The van der Waals surface area contributed by atoms with Gasteiger partial charge in [0.15, 0.2) is 0 Å². The predicted octanol–water partition coefficient (Wildman–Crippen LogP) is 4.81. The van der Waals surface area contributed by atoms with Crippen LogP contribution in [-0.2, 0) is 9.31 Å². The fourth-order valence-electron chi connectivity index (χ4n) is 3.30. The highest BCUT2D eigenvalue weighted by Crippen LogP contribution is 2.37. The molecule has 0 aromatic heterocycles. The van der Waals surface area contributed by atoms with Crippen molar-refractivity contribution in [1.82, 2.24) is 0 Å². The van der Waals surface area contributed by atoms with Crippen molar-refractivity contribution in [2.75, 3.05) is 0 Å². The number of fused-ring (bicyclic) bond motifs is 1. The summed E-state index contributed by atoms with van der Waals surface area (Å²) in [6.07, 6.45) is 0. The molecule has 0 bridgehead atoms. The van der Waals surface area contributed by atoms with Gasteiger partial charge in [-0.25, -0.2) is 0 Å². The van der Waals surface area contributed by atoms with Crippen LogP contribution in [0.15, 0.2) is 66.7 Å². The molecule has 25 heavy (non-hydrogen) atoms. The fourth-order valence-corrected chi connectivity index (χ4v) is 3.30. The molecule has 0 saturated carbocycles. The Balaban J connectivity index is 1.76. The zero-order valence-electron chi connectivity index (χ0n) is 15.2. The highest BCUT2D eigenvalue weighted by Gasteiger charge is 2.51. The third kappa shape index (κ3) is 2.78. The average Bonchev–Trinajstić information content (AvgIpc) is 2.82. The maximum atomic E-state index is 6.19. The van der Waals surface area contributed by atoms with E-state index in [4.69, 9.17) is 9.31 Å². The SMILES string of the molecule is CC1(C)OB(c2ccc3c(-c4ccccc4)cccc3c2)OC1(C)C. The third-order valence-corrected chi connectivity index (χ3v) is 5.51. The molecule has 1 aliphatic heterocycles. The first kappa shape index (κ1) is 16.4. The van der Waals surface area contributed by atoms with Crippen LogP contribution >= 0.6 is 0 Å². The largest absolute Gasteiger partial charge is 0.494 e. The van der Waals surface area contributed by atoms with Gasteiger partial charge in [-0.1, -0.05) is 66.7 Å². The molecular weight excluding hydrogens is 307 g/mol. The maximum Gasteiger partial charge on any atom is 0.494 e. The van der Waals surface area contributed by atoms with Crippen molar-refractivity contribution in [2.24, 2.45) is 0 Å². The zero-order chi connectivity index (χ0) is 17.7. The summed E-state index contributed by atoms with van der Waals surface area (Å²) in [7, 11) is -0.324. The second kappa shape index (κ2) is 5.72. The van der Waals surface area contributed by atoms with Gasteiger partial charge in [-0.05, 0) is 55.1 Å². The van der Waals surface area contributed by atoms with Crippen molar-refractivity contribution in [3.8, 4) is 11.1 Å². The lowest BCUT2D eigenvalue weighted by Gasteiger charge is -2.32. The molecule has 3 aromatic carbocycles. The van der Waals surface area contributed by atoms with Crippen molar-refractivity contribution in [2.45, 2.75) is 38.9 Å². The summed E-state index contributed by atoms with van der Waals surface area (Å²) < 4.78 is 12.4. The van der Waals surface area contributed by atoms with E-state index in [2.05, 4.69) is 88.4 Å². The molecule has 2 nitrogen and oxygen atoms in total. The van der Waals surface area contributed by atoms with Crippen LogP contribution in [0.2, 0.25) is 0 Å². The topological polar surface area (TPSA) is 18.5 Å². The lowest BCUT2D eigenvalue weighted by atomic mass is 9.78. The standard InChI is InChI=1S/C22H23BO2/c1-21(2)22(3,4)25-23(24-21)18-13-14-20-17(15-18)11-8-12-19(20)16-9-6-5-7-10-16/h5-15H,1-4H3. The van der Waals surface area contributed by atoms with E-state index < -0.39 is 0 Å². The fraction of sp³-hybridized carbons (Fsp3) is 0.273. The monoisotopic (exact) mass is 330 g/mol. The molecule has 0 N–H and O–H groups in total. The van der Waals surface area contributed by atoms with Gasteiger partial charge < -0.3 is 9.31 Å². The highest BCUT2D eigenvalue weighted by molar-refractivity contribution is 6.62. The van der Waals surface area contributed by atoms with Gasteiger partial charge >= 0.3 is 7.12 Å². The summed E-state index contributed by atoms with van der Waals surface area (Å²) in [4.78, 5) is 0. The molecular formula is C22H23BO2. The third-order valence-electron chi connectivity index (χ3n) is 5.51. The van der Waals surface area contributed by atoms with Crippen LogP contribution < -0.4 is 5.46 Å². The molecule has 1 aliphatic rings. The molecule has 0 atom stereocenters. The lowest BCUT2D eigenvalue weighted by Crippen LogP contribution is -2.41. The summed E-state index contributed by atoms with van der Waals surface area (Å²) in [6.45, 7) is 8.34. The van der Waals surface area contributed by atoms with Gasteiger partial charge in [0.1, 0.15) is 0 Å². The molecule has 0 aliphatic carbocycles. The van der Waals surface area contributed by atoms with Gasteiger partial charge in [0.25, 0.3) is 0 Å². The minimum Gasteiger partial charge on any atom is -0.399 e. The van der Waals surface area contributed by atoms with Crippen LogP contribution in [0.1, 0.15) is 27.7 Å². The van der Waals surface area contributed by atoms with Crippen molar-refractivity contribution in [1.29, 1.82) is 0 Å². The summed E-state index contributed by atoms with van der Waals surface area (Å²) in [5.74, 6) is 0. The average molecular weight is 330 g/mol. The van der Waals surface area contributed by atoms with Crippen LogP contribution in [0.5, 0.6) is 0 Å². The minimum atomic E-state index is -0.324. The Hall–Kier alpha value is -2.10. The van der Waals surface area contributed by atoms with Crippen molar-refractivity contribution in [3.63, 3.8) is 0 Å². The Labute approximate surface area is 149 Å². The maximum absolute atomic E-state index is 6.19. The molecule has 1 fully saturated rings. The van der Waals surface area contributed by atoms with Crippen LogP contribution in [0.4, 0.5) is 0 Å². The second-order valence-electron chi connectivity index (χ2n) is 7.74. The van der Waals surface area contributed by atoms with Gasteiger partial charge in [-0.2, -0.15) is 0 Å². The summed E-state index contributed by atoms with van der Waals surface area (Å²) in [6, 6.07) is 23.4. The first-order valence-corrected chi connectivity index (χ1v) is 8.81. The van der Waals surface area contributed by atoms with E-state index in [1.807, 2.05) is 6.07 Å². The summed E-state index contributed by atoms with van der Waals surface area (Å²) in [5.41, 5.74) is 2.91.